The standard InChI is InChI=1S/C13H15BrO/c14-12-7-5-10(6-8-12)9-11-3-1-2-4-13(11)15/h5-8,11H,1-4,9H2. The molecule has 1 unspecified atom stereocenters. The summed E-state index contributed by atoms with van der Waals surface area (Å²) in [6, 6.07) is 8.29. The van der Waals surface area contributed by atoms with E-state index in [-0.39, 0.29) is 5.92 Å². The maximum atomic E-state index is 11.7. The number of halogens is 1. The summed E-state index contributed by atoms with van der Waals surface area (Å²) in [5.74, 6) is 0.740. The van der Waals surface area contributed by atoms with E-state index >= 15 is 0 Å². The summed E-state index contributed by atoms with van der Waals surface area (Å²) in [6.45, 7) is 0. The number of benzene rings is 1. The molecule has 0 aromatic heterocycles. The largest absolute Gasteiger partial charge is 0.299 e. The third-order valence-electron chi connectivity index (χ3n) is 3.08. The molecule has 2 rings (SSSR count). The fourth-order valence-corrected chi connectivity index (χ4v) is 2.44. The molecule has 0 saturated heterocycles. The van der Waals surface area contributed by atoms with Crippen LogP contribution in [0.4, 0.5) is 0 Å². The molecule has 0 radical (unpaired) electrons. The van der Waals surface area contributed by atoms with Crippen LogP contribution in [0.3, 0.4) is 0 Å². The topological polar surface area (TPSA) is 17.1 Å². The minimum Gasteiger partial charge on any atom is -0.299 e. The van der Waals surface area contributed by atoms with Gasteiger partial charge in [-0.3, -0.25) is 4.79 Å². The van der Waals surface area contributed by atoms with E-state index < -0.39 is 0 Å². The summed E-state index contributed by atoms with van der Waals surface area (Å²) in [5.41, 5.74) is 1.28. The van der Waals surface area contributed by atoms with E-state index in [1.165, 1.54) is 12.0 Å². The lowest BCUT2D eigenvalue weighted by Crippen LogP contribution is -2.20. The van der Waals surface area contributed by atoms with Gasteiger partial charge in [-0.1, -0.05) is 34.5 Å². The monoisotopic (exact) mass is 266 g/mol. The van der Waals surface area contributed by atoms with Crippen LogP contribution in [0.1, 0.15) is 31.2 Å². The molecule has 2 heteroatoms. The molecule has 1 saturated carbocycles. The highest BCUT2D eigenvalue weighted by Crippen LogP contribution is 2.24. The first kappa shape index (κ1) is 10.9. The number of ketones is 1. The molecule has 0 bridgehead atoms. The molecule has 1 nitrogen and oxygen atoms in total. The van der Waals surface area contributed by atoms with Gasteiger partial charge in [0, 0.05) is 16.8 Å². The van der Waals surface area contributed by atoms with Crippen molar-refractivity contribution in [1.29, 1.82) is 0 Å². The lowest BCUT2D eigenvalue weighted by atomic mass is 9.84. The summed E-state index contributed by atoms with van der Waals surface area (Å²) < 4.78 is 1.10. The first-order valence-corrected chi connectivity index (χ1v) is 6.32. The van der Waals surface area contributed by atoms with Crippen molar-refractivity contribution in [3.05, 3.63) is 34.3 Å². The Hall–Kier alpha value is -0.630. The van der Waals surface area contributed by atoms with Gasteiger partial charge in [0.15, 0.2) is 0 Å². The van der Waals surface area contributed by atoms with Crippen LogP contribution >= 0.6 is 15.9 Å². The summed E-state index contributed by atoms with van der Waals surface area (Å²) >= 11 is 3.42. The third-order valence-corrected chi connectivity index (χ3v) is 3.61. The van der Waals surface area contributed by atoms with Gasteiger partial charge in [-0.15, -0.1) is 0 Å². The zero-order chi connectivity index (χ0) is 10.7. The Morgan fingerprint density at radius 3 is 2.60 bits per heavy atom. The number of rotatable bonds is 2. The lowest BCUT2D eigenvalue weighted by Gasteiger charge is -2.20. The van der Waals surface area contributed by atoms with Crippen LogP contribution in [-0.2, 0) is 11.2 Å². The highest BCUT2D eigenvalue weighted by atomic mass is 79.9. The lowest BCUT2D eigenvalue weighted by molar-refractivity contribution is -0.124. The Morgan fingerprint density at radius 2 is 1.93 bits per heavy atom. The highest BCUT2D eigenvalue weighted by Gasteiger charge is 2.21. The predicted octanol–water partition coefficient (Wildman–Crippen LogP) is 3.75. The highest BCUT2D eigenvalue weighted by molar-refractivity contribution is 9.10. The maximum Gasteiger partial charge on any atom is 0.136 e. The van der Waals surface area contributed by atoms with Gasteiger partial charge in [0.2, 0.25) is 0 Å². The van der Waals surface area contributed by atoms with Crippen LogP contribution in [0, 0.1) is 5.92 Å². The van der Waals surface area contributed by atoms with E-state index in [0.29, 0.717) is 5.78 Å². The van der Waals surface area contributed by atoms with Crippen molar-refractivity contribution in [2.45, 2.75) is 32.1 Å². The minimum absolute atomic E-state index is 0.278. The fraction of sp³-hybridized carbons (Fsp3) is 0.462. The molecule has 0 spiro atoms. The Labute approximate surface area is 99.0 Å². The first-order chi connectivity index (χ1) is 7.25. The van der Waals surface area contributed by atoms with Crippen LogP contribution in [0.2, 0.25) is 0 Å². The van der Waals surface area contributed by atoms with Crippen molar-refractivity contribution in [3.63, 3.8) is 0 Å². The van der Waals surface area contributed by atoms with Gasteiger partial charge in [0.05, 0.1) is 0 Å². The quantitative estimate of drug-likeness (QED) is 0.797. The van der Waals surface area contributed by atoms with Crippen LogP contribution in [0.5, 0.6) is 0 Å². The zero-order valence-corrected chi connectivity index (χ0v) is 10.3. The molecule has 1 fully saturated rings. The Bertz CT molecular complexity index is 342. The van der Waals surface area contributed by atoms with Crippen molar-refractivity contribution in [1.82, 2.24) is 0 Å². The van der Waals surface area contributed by atoms with E-state index in [1.54, 1.807) is 0 Å². The Balaban J connectivity index is 2.01. The molecule has 1 aromatic carbocycles. The molecule has 1 aliphatic rings. The number of hydrogen-bond acceptors (Lipinski definition) is 1. The van der Waals surface area contributed by atoms with Gasteiger partial charge < -0.3 is 0 Å². The molecule has 80 valence electrons. The van der Waals surface area contributed by atoms with Crippen molar-refractivity contribution < 1.29 is 4.79 Å². The van der Waals surface area contributed by atoms with E-state index in [2.05, 4.69) is 28.1 Å². The van der Waals surface area contributed by atoms with Crippen LogP contribution in [0.25, 0.3) is 0 Å². The van der Waals surface area contributed by atoms with E-state index in [0.717, 1.165) is 30.2 Å². The van der Waals surface area contributed by atoms with Crippen molar-refractivity contribution in [2.75, 3.05) is 0 Å². The number of carbonyl (C=O) groups is 1. The van der Waals surface area contributed by atoms with Crippen LogP contribution in [-0.4, -0.2) is 5.78 Å². The Morgan fingerprint density at radius 1 is 1.20 bits per heavy atom. The molecule has 0 heterocycles. The fourth-order valence-electron chi connectivity index (χ4n) is 2.18. The number of carbonyl (C=O) groups excluding carboxylic acids is 1. The number of Topliss-reactive ketones (excluding diaryl/α,β-unsaturated/α-hetero) is 1. The van der Waals surface area contributed by atoms with Gasteiger partial charge >= 0.3 is 0 Å². The SMILES string of the molecule is O=C1CCCCC1Cc1ccc(Br)cc1. The predicted molar refractivity (Wildman–Crippen MR) is 64.8 cm³/mol. The molecule has 1 atom stereocenters. The smallest absolute Gasteiger partial charge is 0.136 e. The molecule has 0 aliphatic heterocycles. The first-order valence-electron chi connectivity index (χ1n) is 5.53. The average Bonchev–Trinajstić information content (AvgIpc) is 2.25. The molecular formula is C13H15BrO. The second-order valence-corrected chi connectivity index (χ2v) is 5.16. The van der Waals surface area contributed by atoms with Crippen molar-refractivity contribution in [3.8, 4) is 0 Å². The van der Waals surface area contributed by atoms with E-state index in [4.69, 9.17) is 0 Å². The van der Waals surface area contributed by atoms with Gasteiger partial charge in [0.25, 0.3) is 0 Å². The average molecular weight is 267 g/mol. The van der Waals surface area contributed by atoms with E-state index in [9.17, 15) is 4.79 Å². The van der Waals surface area contributed by atoms with Gasteiger partial charge in [-0.2, -0.15) is 0 Å². The minimum atomic E-state index is 0.278. The molecule has 15 heavy (non-hydrogen) atoms. The number of hydrogen-bond donors (Lipinski definition) is 0. The van der Waals surface area contributed by atoms with E-state index in [1.807, 2.05) is 12.1 Å². The zero-order valence-electron chi connectivity index (χ0n) is 8.71. The van der Waals surface area contributed by atoms with Gasteiger partial charge in [0.1, 0.15) is 5.78 Å². The van der Waals surface area contributed by atoms with Crippen LogP contribution in [0.15, 0.2) is 28.7 Å². The second-order valence-electron chi connectivity index (χ2n) is 4.24. The normalized spacial score (nSPS) is 21.7. The molecule has 1 aliphatic carbocycles. The third kappa shape index (κ3) is 2.91. The summed E-state index contributed by atoms with van der Waals surface area (Å²) in [4.78, 5) is 11.7. The molecular weight excluding hydrogens is 252 g/mol. The van der Waals surface area contributed by atoms with Gasteiger partial charge in [-0.05, 0) is 37.0 Å². The molecule has 0 amide bonds. The molecule has 0 N–H and O–H groups in total. The summed E-state index contributed by atoms with van der Waals surface area (Å²) in [7, 11) is 0. The van der Waals surface area contributed by atoms with Crippen LogP contribution < -0.4 is 0 Å². The van der Waals surface area contributed by atoms with Crippen molar-refractivity contribution >= 4 is 21.7 Å². The van der Waals surface area contributed by atoms with Crippen molar-refractivity contribution in [2.24, 2.45) is 5.92 Å². The maximum absolute atomic E-state index is 11.7. The second kappa shape index (κ2) is 4.93. The van der Waals surface area contributed by atoms with Gasteiger partial charge in [-0.25, -0.2) is 0 Å². The Kier molecular flexibility index (Phi) is 3.57. The summed E-state index contributed by atoms with van der Waals surface area (Å²) in [6.07, 6.45) is 5.10. The molecule has 1 aromatic rings. The summed E-state index contributed by atoms with van der Waals surface area (Å²) in [5, 5.41) is 0.